The van der Waals surface area contributed by atoms with Gasteiger partial charge in [-0.05, 0) is 30.2 Å². The molecule has 0 fully saturated rings. The Balaban J connectivity index is 2.54. The van der Waals surface area contributed by atoms with Crippen molar-refractivity contribution < 1.29 is 0 Å². The number of rotatable bonds is 3. The standard InChI is InChI=1S/C13H19N3/c1-4-13-15-11-7-10(9(2)8-14)5-6-12(11)16(13)3/h5-7,9H,4,8,14H2,1-3H3. The van der Waals surface area contributed by atoms with Gasteiger partial charge in [-0.1, -0.05) is 19.9 Å². The van der Waals surface area contributed by atoms with E-state index in [1.165, 1.54) is 11.1 Å². The van der Waals surface area contributed by atoms with Gasteiger partial charge in [-0.2, -0.15) is 0 Å². The van der Waals surface area contributed by atoms with E-state index in [2.05, 4.69) is 48.6 Å². The highest BCUT2D eigenvalue weighted by atomic mass is 15.1. The van der Waals surface area contributed by atoms with Gasteiger partial charge in [0.25, 0.3) is 0 Å². The number of imidazole rings is 1. The summed E-state index contributed by atoms with van der Waals surface area (Å²) in [4.78, 5) is 4.63. The normalized spacial score (nSPS) is 13.2. The zero-order valence-corrected chi connectivity index (χ0v) is 10.2. The van der Waals surface area contributed by atoms with Crippen LogP contribution in [-0.4, -0.2) is 16.1 Å². The third kappa shape index (κ3) is 1.71. The maximum atomic E-state index is 5.68. The quantitative estimate of drug-likeness (QED) is 0.856. The molecule has 0 bridgehead atoms. The lowest BCUT2D eigenvalue weighted by molar-refractivity contribution is 0.775. The van der Waals surface area contributed by atoms with Crippen LogP contribution in [0.3, 0.4) is 0 Å². The number of fused-ring (bicyclic) bond motifs is 1. The maximum Gasteiger partial charge on any atom is 0.109 e. The molecule has 0 radical (unpaired) electrons. The highest BCUT2D eigenvalue weighted by Gasteiger charge is 2.09. The third-order valence-electron chi connectivity index (χ3n) is 3.24. The predicted molar refractivity (Wildman–Crippen MR) is 67.6 cm³/mol. The lowest BCUT2D eigenvalue weighted by atomic mass is 10.0. The van der Waals surface area contributed by atoms with Crippen LogP contribution in [0.25, 0.3) is 11.0 Å². The molecular weight excluding hydrogens is 198 g/mol. The third-order valence-corrected chi connectivity index (χ3v) is 3.24. The van der Waals surface area contributed by atoms with Gasteiger partial charge in [0.15, 0.2) is 0 Å². The van der Waals surface area contributed by atoms with Crippen LogP contribution in [-0.2, 0) is 13.5 Å². The average molecular weight is 217 g/mol. The summed E-state index contributed by atoms with van der Waals surface area (Å²) < 4.78 is 2.16. The largest absolute Gasteiger partial charge is 0.331 e. The number of hydrogen-bond donors (Lipinski definition) is 1. The molecule has 16 heavy (non-hydrogen) atoms. The van der Waals surface area contributed by atoms with Gasteiger partial charge in [-0.25, -0.2) is 4.98 Å². The van der Waals surface area contributed by atoms with E-state index >= 15 is 0 Å². The van der Waals surface area contributed by atoms with Crippen LogP contribution in [0.2, 0.25) is 0 Å². The maximum absolute atomic E-state index is 5.68. The number of hydrogen-bond acceptors (Lipinski definition) is 2. The van der Waals surface area contributed by atoms with Crippen molar-refractivity contribution in [3.8, 4) is 0 Å². The van der Waals surface area contributed by atoms with Gasteiger partial charge in [0.05, 0.1) is 11.0 Å². The Hall–Kier alpha value is -1.35. The minimum atomic E-state index is 0.400. The monoisotopic (exact) mass is 217 g/mol. The van der Waals surface area contributed by atoms with Crippen LogP contribution < -0.4 is 5.73 Å². The molecule has 2 aromatic rings. The van der Waals surface area contributed by atoms with Crippen molar-refractivity contribution in [2.45, 2.75) is 26.2 Å². The molecule has 1 unspecified atom stereocenters. The Morgan fingerprint density at radius 3 is 2.81 bits per heavy atom. The Morgan fingerprint density at radius 1 is 1.44 bits per heavy atom. The van der Waals surface area contributed by atoms with E-state index in [1.807, 2.05) is 0 Å². The summed E-state index contributed by atoms with van der Waals surface area (Å²) in [5, 5.41) is 0. The fourth-order valence-electron chi connectivity index (χ4n) is 2.03. The van der Waals surface area contributed by atoms with E-state index in [0.29, 0.717) is 12.5 Å². The molecule has 0 aliphatic carbocycles. The Labute approximate surface area is 96.3 Å². The predicted octanol–water partition coefficient (Wildman–Crippen LogP) is 2.20. The Morgan fingerprint density at radius 2 is 2.19 bits per heavy atom. The summed E-state index contributed by atoms with van der Waals surface area (Å²) in [7, 11) is 2.07. The Bertz CT molecular complexity index is 499. The molecule has 0 saturated heterocycles. The molecule has 3 nitrogen and oxygen atoms in total. The summed E-state index contributed by atoms with van der Waals surface area (Å²) in [6, 6.07) is 6.45. The van der Waals surface area contributed by atoms with Gasteiger partial charge in [-0.15, -0.1) is 0 Å². The summed E-state index contributed by atoms with van der Waals surface area (Å²) in [6.45, 7) is 4.95. The molecular formula is C13H19N3. The molecule has 1 aromatic carbocycles. The zero-order chi connectivity index (χ0) is 11.7. The van der Waals surface area contributed by atoms with E-state index in [9.17, 15) is 0 Å². The van der Waals surface area contributed by atoms with Crippen molar-refractivity contribution in [1.29, 1.82) is 0 Å². The first-order valence-electron chi connectivity index (χ1n) is 5.82. The lowest BCUT2D eigenvalue weighted by Gasteiger charge is -2.08. The van der Waals surface area contributed by atoms with Crippen LogP contribution in [0.4, 0.5) is 0 Å². The van der Waals surface area contributed by atoms with E-state index in [1.54, 1.807) is 0 Å². The second kappa shape index (κ2) is 4.26. The number of aromatic nitrogens is 2. The molecule has 3 heteroatoms. The van der Waals surface area contributed by atoms with Crippen molar-refractivity contribution in [1.82, 2.24) is 9.55 Å². The summed E-state index contributed by atoms with van der Waals surface area (Å²) in [5.41, 5.74) is 9.24. The molecule has 1 heterocycles. The molecule has 0 aliphatic rings. The summed E-state index contributed by atoms with van der Waals surface area (Å²) >= 11 is 0. The zero-order valence-electron chi connectivity index (χ0n) is 10.2. The van der Waals surface area contributed by atoms with Crippen LogP contribution in [0, 0.1) is 0 Å². The summed E-state index contributed by atoms with van der Waals surface area (Å²) in [5.74, 6) is 1.53. The van der Waals surface area contributed by atoms with E-state index in [-0.39, 0.29) is 0 Å². The van der Waals surface area contributed by atoms with E-state index in [4.69, 9.17) is 5.73 Å². The van der Waals surface area contributed by atoms with Gasteiger partial charge in [0, 0.05) is 13.5 Å². The average Bonchev–Trinajstić information content (AvgIpc) is 2.64. The van der Waals surface area contributed by atoms with Gasteiger partial charge in [-0.3, -0.25) is 0 Å². The minimum absolute atomic E-state index is 0.400. The highest BCUT2D eigenvalue weighted by Crippen LogP contribution is 2.21. The first-order chi connectivity index (χ1) is 7.67. The molecule has 0 aliphatic heterocycles. The Kier molecular flexibility index (Phi) is 2.97. The van der Waals surface area contributed by atoms with Crippen LogP contribution in [0.1, 0.15) is 31.2 Å². The second-order valence-corrected chi connectivity index (χ2v) is 4.33. The van der Waals surface area contributed by atoms with Crippen molar-refractivity contribution in [3.05, 3.63) is 29.6 Å². The first-order valence-corrected chi connectivity index (χ1v) is 5.82. The molecule has 86 valence electrons. The number of nitrogens with two attached hydrogens (primary N) is 1. The van der Waals surface area contributed by atoms with Gasteiger partial charge in [0.2, 0.25) is 0 Å². The van der Waals surface area contributed by atoms with Gasteiger partial charge in [0.1, 0.15) is 5.82 Å². The second-order valence-electron chi connectivity index (χ2n) is 4.33. The number of aryl methyl sites for hydroxylation is 2. The van der Waals surface area contributed by atoms with Crippen molar-refractivity contribution in [2.24, 2.45) is 12.8 Å². The highest BCUT2D eigenvalue weighted by molar-refractivity contribution is 5.77. The first kappa shape index (κ1) is 11.1. The van der Waals surface area contributed by atoms with E-state index < -0.39 is 0 Å². The molecule has 0 amide bonds. The molecule has 1 atom stereocenters. The molecule has 2 N–H and O–H groups in total. The van der Waals surface area contributed by atoms with Crippen molar-refractivity contribution >= 4 is 11.0 Å². The number of benzene rings is 1. The summed E-state index contributed by atoms with van der Waals surface area (Å²) in [6.07, 6.45) is 0.965. The van der Waals surface area contributed by atoms with Crippen molar-refractivity contribution in [3.63, 3.8) is 0 Å². The molecule has 0 saturated carbocycles. The van der Waals surface area contributed by atoms with Crippen LogP contribution in [0.15, 0.2) is 18.2 Å². The molecule has 2 rings (SSSR count). The van der Waals surface area contributed by atoms with Gasteiger partial charge >= 0.3 is 0 Å². The number of nitrogens with zero attached hydrogens (tertiary/aromatic N) is 2. The van der Waals surface area contributed by atoms with Gasteiger partial charge < -0.3 is 10.3 Å². The van der Waals surface area contributed by atoms with E-state index in [0.717, 1.165) is 17.8 Å². The fraction of sp³-hybridized carbons (Fsp3) is 0.462. The SMILES string of the molecule is CCc1nc2cc(C(C)CN)ccc2n1C. The fourth-order valence-corrected chi connectivity index (χ4v) is 2.03. The molecule has 0 spiro atoms. The lowest BCUT2D eigenvalue weighted by Crippen LogP contribution is -2.08. The smallest absolute Gasteiger partial charge is 0.109 e. The topological polar surface area (TPSA) is 43.8 Å². The molecule has 1 aromatic heterocycles. The van der Waals surface area contributed by atoms with Crippen LogP contribution in [0.5, 0.6) is 0 Å². The van der Waals surface area contributed by atoms with Crippen LogP contribution >= 0.6 is 0 Å². The minimum Gasteiger partial charge on any atom is -0.331 e. The van der Waals surface area contributed by atoms with Crippen molar-refractivity contribution in [2.75, 3.05) is 6.54 Å².